The van der Waals surface area contributed by atoms with Gasteiger partial charge in [0.15, 0.2) is 0 Å². The van der Waals surface area contributed by atoms with Crippen LogP contribution in [0.3, 0.4) is 0 Å². The van der Waals surface area contributed by atoms with E-state index in [1.54, 1.807) is 0 Å². The summed E-state index contributed by atoms with van der Waals surface area (Å²) in [5, 5.41) is 0.277. The van der Waals surface area contributed by atoms with Crippen molar-refractivity contribution in [1.82, 2.24) is 9.66 Å². The number of carbonyl (C=O) groups is 1. The molecule has 6 heteroatoms. The minimum atomic E-state index is -0.442. The Morgan fingerprint density at radius 1 is 1.23 bits per heavy atom. The number of nitrogens with zero attached hydrogens (tertiary/aromatic N) is 2. The molecular weight excluding hydrogens is 333 g/mol. The van der Waals surface area contributed by atoms with Crippen LogP contribution in [0.1, 0.15) is 31.2 Å². The van der Waals surface area contributed by atoms with Crippen molar-refractivity contribution >= 4 is 16.8 Å². The molecule has 0 unspecified atom stereocenters. The molecule has 0 saturated heterocycles. The molecule has 0 bridgehead atoms. The fourth-order valence-electron chi connectivity index (χ4n) is 3.02. The molecule has 1 N–H and O–H groups in total. The predicted molar refractivity (Wildman–Crippen MR) is 97.1 cm³/mol. The lowest BCUT2D eigenvalue weighted by atomic mass is 10.1. The van der Waals surface area contributed by atoms with Gasteiger partial charge in [-0.3, -0.25) is 15.0 Å². The summed E-state index contributed by atoms with van der Waals surface area (Å²) in [7, 11) is 0. The number of halogens is 1. The van der Waals surface area contributed by atoms with E-state index < -0.39 is 5.82 Å². The highest BCUT2D eigenvalue weighted by atomic mass is 19.1. The molecule has 0 atom stereocenters. The van der Waals surface area contributed by atoms with E-state index in [0.717, 1.165) is 18.4 Å². The summed E-state index contributed by atoms with van der Waals surface area (Å²) in [6.45, 7) is 1.99. The molecule has 2 aromatic carbocycles. The Labute approximate surface area is 149 Å². The number of carbonyl (C=O) groups excluding carboxylic acids is 1. The third kappa shape index (κ3) is 2.98. The number of nitrogens with one attached hydrogen (secondary N) is 1. The second-order valence-electron chi connectivity index (χ2n) is 7.00. The standard InChI is InChI=1S/C20H18FN3O2/c1-20(9-10-20)19-22-16-12-14(21)7-8-15(16)18(26)24(19)23-17(25)11-13-5-3-2-4-6-13/h2-8,12H,9-11H2,1H3,(H,23,25). The lowest BCUT2D eigenvalue weighted by Gasteiger charge is -2.18. The normalized spacial score (nSPS) is 15.0. The molecule has 3 aromatic rings. The summed E-state index contributed by atoms with van der Waals surface area (Å²) in [6.07, 6.45) is 1.90. The Bertz CT molecular complexity index is 1060. The minimum Gasteiger partial charge on any atom is -0.273 e. The molecule has 1 heterocycles. The highest BCUT2D eigenvalue weighted by molar-refractivity contribution is 5.86. The first-order valence-corrected chi connectivity index (χ1v) is 8.53. The average Bonchev–Trinajstić information content (AvgIpc) is 3.36. The van der Waals surface area contributed by atoms with Gasteiger partial charge in [0.25, 0.3) is 5.56 Å². The molecular formula is C20H18FN3O2. The van der Waals surface area contributed by atoms with Gasteiger partial charge >= 0.3 is 0 Å². The number of hydrogen-bond donors (Lipinski definition) is 1. The Morgan fingerprint density at radius 2 is 1.96 bits per heavy atom. The number of aromatic nitrogens is 2. The fraction of sp³-hybridized carbons (Fsp3) is 0.250. The number of fused-ring (bicyclic) bond motifs is 1. The van der Waals surface area contributed by atoms with Gasteiger partial charge in [-0.2, -0.15) is 0 Å². The minimum absolute atomic E-state index is 0.158. The predicted octanol–water partition coefficient (Wildman–Crippen LogP) is 2.90. The maximum Gasteiger partial charge on any atom is 0.280 e. The van der Waals surface area contributed by atoms with Crippen molar-refractivity contribution in [3.05, 3.63) is 76.1 Å². The molecule has 1 saturated carbocycles. The van der Waals surface area contributed by atoms with E-state index in [9.17, 15) is 14.0 Å². The third-order valence-corrected chi connectivity index (χ3v) is 4.82. The van der Waals surface area contributed by atoms with Crippen molar-refractivity contribution in [3.63, 3.8) is 0 Å². The zero-order valence-electron chi connectivity index (χ0n) is 14.3. The van der Waals surface area contributed by atoms with Crippen molar-refractivity contribution in [2.24, 2.45) is 0 Å². The van der Waals surface area contributed by atoms with Crippen LogP contribution in [0.4, 0.5) is 4.39 Å². The summed E-state index contributed by atoms with van der Waals surface area (Å²) in [5.41, 5.74) is 3.19. The van der Waals surface area contributed by atoms with Crippen molar-refractivity contribution in [2.45, 2.75) is 31.6 Å². The molecule has 1 aliphatic carbocycles. The number of rotatable bonds is 4. The van der Waals surface area contributed by atoms with Crippen LogP contribution < -0.4 is 11.0 Å². The van der Waals surface area contributed by atoms with Crippen LogP contribution in [-0.2, 0) is 16.6 Å². The van der Waals surface area contributed by atoms with E-state index in [1.807, 2.05) is 37.3 Å². The van der Waals surface area contributed by atoms with Gasteiger partial charge in [-0.25, -0.2) is 14.1 Å². The van der Waals surface area contributed by atoms with Gasteiger partial charge in [0.2, 0.25) is 5.91 Å². The molecule has 132 valence electrons. The molecule has 4 rings (SSSR count). The average molecular weight is 351 g/mol. The van der Waals surface area contributed by atoms with Crippen molar-refractivity contribution < 1.29 is 9.18 Å². The SMILES string of the molecule is CC1(c2nc3cc(F)ccc3c(=O)n2NC(=O)Cc2ccccc2)CC1. The Morgan fingerprint density at radius 3 is 2.65 bits per heavy atom. The molecule has 0 spiro atoms. The topological polar surface area (TPSA) is 64.0 Å². The van der Waals surface area contributed by atoms with Crippen LogP contribution in [-0.4, -0.2) is 15.6 Å². The summed E-state index contributed by atoms with van der Waals surface area (Å²) in [6, 6.07) is 13.2. The zero-order chi connectivity index (χ0) is 18.3. The van der Waals surface area contributed by atoms with Crippen LogP contribution in [0, 0.1) is 5.82 Å². The third-order valence-electron chi connectivity index (χ3n) is 4.82. The van der Waals surface area contributed by atoms with E-state index in [4.69, 9.17) is 0 Å². The molecule has 1 aromatic heterocycles. The summed E-state index contributed by atoms with van der Waals surface area (Å²) < 4.78 is 14.8. The Hall–Kier alpha value is -3.02. The maximum atomic E-state index is 13.5. The summed E-state index contributed by atoms with van der Waals surface area (Å²) in [4.78, 5) is 29.9. The number of benzene rings is 2. The Balaban J connectivity index is 1.76. The monoisotopic (exact) mass is 351 g/mol. The molecule has 0 radical (unpaired) electrons. The van der Waals surface area contributed by atoms with Gasteiger partial charge < -0.3 is 0 Å². The van der Waals surface area contributed by atoms with E-state index in [0.29, 0.717) is 11.3 Å². The largest absolute Gasteiger partial charge is 0.280 e. The van der Waals surface area contributed by atoms with Gasteiger partial charge in [0.05, 0.1) is 17.3 Å². The molecule has 1 aliphatic rings. The van der Waals surface area contributed by atoms with Crippen LogP contribution in [0.15, 0.2) is 53.3 Å². The molecule has 5 nitrogen and oxygen atoms in total. The first-order chi connectivity index (χ1) is 12.5. The number of hydrogen-bond acceptors (Lipinski definition) is 3. The summed E-state index contributed by atoms with van der Waals surface area (Å²) in [5.74, 6) is -0.267. The highest BCUT2D eigenvalue weighted by Crippen LogP contribution is 2.46. The molecule has 26 heavy (non-hydrogen) atoms. The highest BCUT2D eigenvalue weighted by Gasteiger charge is 2.43. The van der Waals surface area contributed by atoms with E-state index in [-0.39, 0.29) is 28.7 Å². The van der Waals surface area contributed by atoms with Crippen LogP contribution >= 0.6 is 0 Å². The van der Waals surface area contributed by atoms with Crippen molar-refractivity contribution in [3.8, 4) is 0 Å². The van der Waals surface area contributed by atoms with Crippen molar-refractivity contribution in [1.29, 1.82) is 0 Å². The van der Waals surface area contributed by atoms with Gasteiger partial charge in [0.1, 0.15) is 11.6 Å². The molecule has 0 aliphatic heterocycles. The van der Waals surface area contributed by atoms with Crippen LogP contribution in [0.5, 0.6) is 0 Å². The van der Waals surface area contributed by atoms with Crippen LogP contribution in [0.2, 0.25) is 0 Å². The second-order valence-corrected chi connectivity index (χ2v) is 7.00. The lowest BCUT2D eigenvalue weighted by molar-refractivity contribution is -0.116. The van der Waals surface area contributed by atoms with E-state index >= 15 is 0 Å². The lowest BCUT2D eigenvalue weighted by Crippen LogP contribution is -2.39. The van der Waals surface area contributed by atoms with Gasteiger partial charge in [-0.15, -0.1) is 0 Å². The molecule has 1 fully saturated rings. The first-order valence-electron chi connectivity index (χ1n) is 8.53. The van der Waals surface area contributed by atoms with Gasteiger partial charge in [0, 0.05) is 11.5 Å². The molecule has 1 amide bonds. The van der Waals surface area contributed by atoms with Crippen LogP contribution in [0.25, 0.3) is 10.9 Å². The van der Waals surface area contributed by atoms with E-state index in [1.165, 1.54) is 22.9 Å². The first kappa shape index (κ1) is 16.4. The maximum absolute atomic E-state index is 13.5. The Kier molecular flexibility index (Phi) is 3.83. The van der Waals surface area contributed by atoms with Gasteiger partial charge in [-0.05, 0) is 30.5 Å². The number of amides is 1. The van der Waals surface area contributed by atoms with Crippen molar-refractivity contribution in [2.75, 3.05) is 5.43 Å². The smallest absolute Gasteiger partial charge is 0.273 e. The zero-order valence-corrected chi connectivity index (χ0v) is 14.3. The summed E-state index contributed by atoms with van der Waals surface area (Å²) >= 11 is 0. The van der Waals surface area contributed by atoms with E-state index in [2.05, 4.69) is 10.4 Å². The quantitative estimate of drug-likeness (QED) is 0.786. The fourth-order valence-corrected chi connectivity index (χ4v) is 3.02. The van der Waals surface area contributed by atoms with Gasteiger partial charge in [-0.1, -0.05) is 37.3 Å². The second kappa shape index (κ2) is 6.05.